The molecule has 0 heterocycles. The fraction of sp³-hybridized carbons (Fsp3) is 0.905. The lowest BCUT2D eigenvalue weighted by Gasteiger charge is -2.24. The van der Waals surface area contributed by atoms with Crippen LogP contribution in [-0.4, -0.2) is 74.9 Å². The van der Waals surface area contributed by atoms with Crippen LogP contribution in [0.15, 0.2) is 12.2 Å². The molecule has 308 valence electrons. The lowest BCUT2D eigenvalue weighted by molar-refractivity contribution is -0.870. The van der Waals surface area contributed by atoms with Crippen LogP contribution in [0.4, 0.5) is 0 Å². The average Bonchev–Trinajstić information content (AvgIpc) is 3.09. The van der Waals surface area contributed by atoms with Gasteiger partial charge in [0.05, 0.1) is 27.7 Å². The standard InChI is InChI=1S/C42H82NO8P/c1-6-8-10-12-14-16-18-20-21-23-25-27-29-31-33-35-42(45)51-40(39-50-52(46,47)49-37-36-43(3,4)5)38-48-41(44)34-32-30-28-26-24-22-19-17-15-13-11-9-7-2/h20-21,40H,6-19,22-39H2,1-5H3/p+1. The Morgan fingerprint density at radius 2 is 0.981 bits per heavy atom. The van der Waals surface area contributed by atoms with Crippen LogP contribution < -0.4 is 0 Å². The Morgan fingerprint density at radius 1 is 0.577 bits per heavy atom. The van der Waals surface area contributed by atoms with E-state index in [0.717, 1.165) is 51.4 Å². The van der Waals surface area contributed by atoms with Gasteiger partial charge in [-0.3, -0.25) is 18.6 Å². The van der Waals surface area contributed by atoms with E-state index in [9.17, 15) is 19.0 Å². The van der Waals surface area contributed by atoms with Gasteiger partial charge in [-0.05, 0) is 38.5 Å². The molecule has 0 fully saturated rings. The molecule has 10 heteroatoms. The third kappa shape index (κ3) is 38.5. The Kier molecular flexibility index (Phi) is 34.6. The molecule has 0 aliphatic heterocycles. The summed E-state index contributed by atoms with van der Waals surface area (Å²) in [6.07, 6.45) is 35.3. The molecule has 0 aliphatic rings. The van der Waals surface area contributed by atoms with Crippen molar-refractivity contribution < 1.29 is 42.1 Å². The molecule has 0 aromatic carbocycles. The van der Waals surface area contributed by atoms with Gasteiger partial charge in [0, 0.05) is 12.8 Å². The Balaban J connectivity index is 4.37. The lowest BCUT2D eigenvalue weighted by atomic mass is 10.0. The Labute approximate surface area is 320 Å². The number of phosphoric acid groups is 1. The van der Waals surface area contributed by atoms with Gasteiger partial charge in [-0.15, -0.1) is 0 Å². The number of carbonyl (C=O) groups is 2. The minimum atomic E-state index is -4.37. The first-order chi connectivity index (χ1) is 25.0. The summed E-state index contributed by atoms with van der Waals surface area (Å²) in [5, 5.41) is 0. The van der Waals surface area contributed by atoms with Gasteiger partial charge in [0.25, 0.3) is 0 Å². The van der Waals surface area contributed by atoms with Crippen molar-refractivity contribution in [2.45, 2.75) is 200 Å². The van der Waals surface area contributed by atoms with Crippen LogP contribution in [0.2, 0.25) is 0 Å². The molecule has 0 spiro atoms. The van der Waals surface area contributed by atoms with Crippen LogP contribution in [0.1, 0.15) is 194 Å². The molecule has 0 rings (SSSR count). The number of hydrogen-bond acceptors (Lipinski definition) is 7. The molecular formula is C42H83NO8P+. The number of allylic oxidation sites excluding steroid dienone is 2. The number of rotatable bonds is 39. The number of quaternary nitrogens is 1. The van der Waals surface area contributed by atoms with Crippen molar-refractivity contribution in [3.63, 3.8) is 0 Å². The number of ether oxygens (including phenoxy) is 2. The number of hydrogen-bond donors (Lipinski definition) is 1. The minimum absolute atomic E-state index is 0.0331. The number of nitrogens with zero attached hydrogens (tertiary/aromatic N) is 1. The number of carbonyl (C=O) groups excluding carboxylic acids is 2. The van der Waals surface area contributed by atoms with Crippen molar-refractivity contribution in [1.82, 2.24) is 0 Å². The molecule has 2 unspecified atom stereocenters. The largest absolute Gasteiger partial charge is 0.472 e. The van der Waals surface area contributed by atoms with E-state index >= 15 is 0 Å². The van der Waals surface area contributed by atoms with Crippen LogP contribution in [0.3, 0.4) is 0 Å². The number of likely N-dealkylation sites (N-methyl/N-ethyl adjacent to an activating group) is 1. The predicted molar refractivity (Wildman–Crippen MR) is 215 cm³/mol. The van der Waals surface area contributed by atoms with Crippen LogP contribution >= 0.6 is 7.82 Å². The third-order valence-corrected chi connectivity index (χ3v) is 10.3. The highest BCUT2D eigenvalue weighted by atomic mass is 31.2. The summed E-state index contributed by atoms with van der Waals surface area (Å²) in [5.74, 6) is -0.801. The highest BCUT2D eigenvalue weighted by Gasteiger charge is 2.27. The van der Waals surface area contributed by atoms with E-state index in [1.807, 2.05) is 21.1 Å². The summed E-state index contributed by atoms with van der Waals surface area (Å²) in [5.41, 5.74) is 0. The average molecular weight is 761 g/mol. The van der Waals surface area contributed by atoms with Gasteiger partial charge in [0.15, 0.2) is 6.10 Å². The van der Waals surface area contributed by atoms with Crippen LogP contribution in [0.5, 0.6) is 0 Å². The zero-order valence-electron chi connectivity index (χ0n) is 34.6. The first-order valence-electron chi connectivity index (χ1n) is 21.4. The zero-order valence-corrected chi connectivity index (χ0v) is 35.5. The molecule has 0 saturated heterocycles. The van der Waals surface area contributed by atoms with E-state index in [2.05, 4.69) is 26.0 Å². The first-order valence-corrected chi connectivity index (χ1v) is 22.9. The van der Waals surface area contributed by atoms with E-state index in [1.54, 1.807) is 0 Å². The van der Waals surface area contributed by atoms with Crippen molar-refractivity contribution in [2.75, 3.05) is 47.5 Å². The molecule has 0 amide bonds. The number of unbranched alkanes of at least 4 members (excludes halogenated alkanes) is 23. The topological polar surface area (TPSA) is 108 Å². The fourth-order valence-corrected chi connectivity index (χ4v) is 6.63. The van der Waals surface area contributed by atoms with Gasteiger partial charge in [-0.2, -0.15) is 0 Å². The van der Waals surface area contributed by atoms with Gasteiger partial charge in [0.1, 0.15) is 19.8 Å². The monoisotopic (exact) mass is 761 g/mol. The van der Waals surface area contributed by atoms with Crippen molar-refractivity contribution in [2.24, 2.45) is 0 Å². The molecule has 52 heavy (non-hydrogen) atoms. The molecule has 0 aromatic rings. The molecule has 0 saturated carbocycles. The second-order valence-corrected chi connectivity index (χ2v) is 17.2. The molecule has 0 bridgehead atoms. The molecule has 0 aromatic heterocycles. The Bertz CT molecular complexity index is 907. The summed E-state index contributed by atoms with van der Waals surface area (Å²) in [4.78, 5) is 35.3. The summed E-state index contributed by atoms with van der Waals surface area (Å²) < 4.78 is 34.3. The fourth-order valence-electron chi connectivity index (χ4n) is 5.89. The normalized spacial score (nSPS) is 13.7. The maximum absolute atomic E-state index is 12.7. The van der Waals surface area contributed by atoms with E-state index in [0.29, 0.717) is 23.9 Å². The molecule has 2 atom stereocenters. The number of phosphoric ester groups is 1. The summed E-state index contributed by atoms with van der Waals surface area (Å²) >= 11 is 0. The maximum atomic E-state index is 12.7. The van der Waals surface area contributed by atoms with Crippen LogP contribution in [-0.2, 0) is 32.7 Å². The Hall–Kier alpha value is -1.25. The van der Waals surface area contributed by atoms with E-state index in [1.165, 1.54) is 109 Å². The zero-order chi connectivity index (χ0) is 38.6. The lowest BCUT2D eigenvalue weighted by Crippen LogP contribution is -2.37. The van der Waals surface area contributed by atoms with Crippen molar-refractivity contribution >= 4 is 19.8 Å². The SMILES string of the molecule is CCCCCCCCC=CCCCCCCCC(=O)OC(COC(=O)CCCCCCCCCCCCCCC)COP(=O)(O)OCC[N+](C)(C)C. The molecular weight excluding hydrogens is 677 g/mol. The Morgan fingerprint density at radius 3 is 1.42 bits per heavy atom. The first kappa shape index (κ1) is 50.8. The second-order valence-electron chi connectivity index (χ2n) is 15.7. The maximum Gasteiger partial charge on any atom is 0.472 e. The predicted octanol–water partition coefficient (Wildman–Crippen LogP) is 11.8. The van der Waals surface area contributed by atoms with Crippen LogP contribution in [0, 0.1) is 0 Å². The molecule has 1 N–H and O–H groups in total. The highest BCUT2D eigenvalue weighted by Crippen LogP contribution is 2.43. The second kappa shape index (κ2) is 35.5. The molecule has 9 nitrogen and oxygen atoms in total. The third-order valence-electron chi connectivity index (χ3n) is 9.30. The smallest absolute Gasteiger partial charge is 0.462 e. The van der Waals surface area contributed by atoms with Gasteiger partial charge in [-0.1, -0.05) is 154 Å². The van der Waals surface area contributed by atoms with Crippen LogP contribution in [0.25, 0.3) is 0 Å². The van der Waals surface area contributed by atoms with Gasteiger partial charge < -0.3 is 18.9 Å². The molecule has 0 radical (unpaired) electrons. The highest BCUT2D eigenvalue weighted by molar-refractivity contribution is 7.47. The quantitative estimate of drug-likeness (QED) is 0.0217. The van der Waals surface area contributed by atoms with Gasteiger partial charge in [-0.25, -0.2) is 4.57 Å². The minimum Gasteiger partial charge on any atom is -0.462 e. The summed E-state index contributed by atoms with van der Waals surface area (Å²) in [7, 11) is 1.48. The van der Waals surface area contributed by atoms with Crippen molar-refractivity contribution in [3.8, 4) is 0 Å². The van der Waals surface area contributed by atoms with E-state index in [-0.39, 0.29) is 25.6 Å². The van der Waals surface area contributed by atoms with Crippen molar-refractivity contribution in [3.05, 3.63) is 12.2 Å². The van der Waals surface area contributed by atoms with Gasteiger partial charge in [0.2, 0.25) is 0 Å². The van der Waals surface area contributed by atoms with Crippen molar-refractivity contribution in [1.29, 1.82) is 0 Å². The van der Waals surface area contributed by atoms with Gasteiger partial charge >= 0.3 is 19.8 Å². The summed E-state index contributed by atoms with van der Waals surface area (Å²) in [6, 6.07) is 0. The number of esters is 2. The summed E-state index contributed by atoms with van der Waals surface area (Å²) in [6.45, 7) is 4.42. The van der Waals surface area contributed by atoms with E-state index in [4.69, 9.17) is 18.5 Å². The molecule has 0 aliphatic carbocycles. The van der Waals surface area contributed by atoms with E-state index < -0.39 is 26.5 Å².